The molecule has 37 heavy (non-hydrogen) atoms. The van der Waals surface area contributed by atoms with Crippen molar-refractivity contribution in [3.63, 3.8) is 0 Å². The molecule has 0 aliphatic rings. The maximum Gasteiger partial charge on any atom is 0.262 e. The molecule has 0 fully saturated rings. The van der Waals surface area contributed by atoms with E-state index in [1.807, 2.05) is 73.0 Å². The molecule has 1 heterocycles. The van der Waals surface area contributed by atoms with E-state index in [2.05, 4.69) is 15.6 Å². The van der Waals surface area contributed by atoms with E-state index >= 15 is 0 Å². The molecule has 0 aliphatic carbocycles. The van der Waals surface area contributed by atoms with Crippen LogP contribution in [-0.4, -0.2) is 35.8 Å². The number of hydrogen-bond donors (Lipinski definition) is 2. The number of nitrogens with one attached hydrogen (secondary N) is 2. The Morgan fingerprint density at radius 1 is 1.00 bits per heavy atom. The number of carbonyl (C=O) groups is 2. The molecule has 0 spiro atoms. The van der Waals surface area contributed by atoms with Crippen molar-refractivity contribution in [3.8, 4) is 22.8 Å². The molecule has 0 saturated carbocycles. The molecule has 190 valence electrons. The highest BCUT2D eigenvalue weighted by Gasteiger charge is 2.20. The first-order valence-corrected chi connectivity index (χ1v) is 13.5. The van der Waals surface area contributed by atoms with Crippen LogP contribution in [0.15, 0.2) is 89.1 Å². The summed E-state index contributed by atoms with van der Waals surface area (Å²) in [5.41, 5.74) is 2.26. The van der Waals surface area contributed by atoms with Gasteiger partial charge in [0.25, 0.3) is 5.91 Å². The molecule has 9 heteroatoms. The molecule has 1 unspecified atom stereocenters. The lowest BCUT2D eigenvalue weighted by atomic mass is 10.1. The van der Waals surface area contributed by atoms with Gasteiger partial charge in [0, 0.05) is 21.5 Å². The maximum atomic E-state index is 13.0. The topological polar surface area (TPSA) is 89.5 Å². The third-order valence-electron chi connectivity index (χ3n) is 5.29. The van der Waals surface area contributed by atoms with Crippen molar-refractivity contribution in [2.45, 2.75) is 23.5 Å². The summed E-state index contributed by atoms with van der Waals surface area (Å²) in [5.74, 6) is 0.977. The van der Waals surface area contributed by atoms with Crippen LogP contribution in [0.5, 0.6) is 11.5 Å². The number of anilines is 2. The minimum atomic E-state index is -0.328. The molecular weight excluding hydrogens is 506 g/mol. The number of hydrogen-bond acceptors (Lipinski definition) is 7. The Balaban J connectivity index is 1.34. The fraction of sp³-hybridized carbons (Fsp3) is 0.179. The van der Waals surface area contributed by atoms with Gasteiger partial charge in [-0.25, -0.2) is 4.98 Å². The van der Waals surface area contributed by atoms with Crippen LogP contribution >= 0.6 is 23.1 Å². The van der Waals surface area contributed by atoms with Gasteiger partial charge in [-0.05, 0) is 48.9 Å². The smallest absolute Gasteiger partial charge is 0.262 e. The molecule has 1 aromatic heterocycles. The van der Waals surface area contributed by atoms with Crippen molar-refractivity contribution < 1.29 is 19.1 Å². The van der Waals surface area contributed by atoms with Crippen LogP contribution in [0, 0.1) is 0 Å². The second kappa shape index (κ2) is 12.9. The van der Waals surface area contributed by atoms with Gasteiger partial charge in [-0.2, -0.15) is 0 Å². The third-order valence-corrected chi connectivity index (χ3v) is 7.41. The number of para-hydroxylation sites is 2. The van der Waals surface area contributed by atoms with Gasteiger partial charge in [-0.1, -0.05) is 43.3 Å². The van der Waals surface area contributed by atoms with E-state index in [0.29, 0.717) is 23.0 Å². The van der Waals surface area contributed by atoms with E-state index in [-0.39, 0.29) is 23.7 Å². The van der Waals surface area contributed by atoms with E-state index < -0.39 is 0 Å². The summed E-state index contributed by atoms with van der Waals surface area (Å²) < 4.78 is 10.9. The molecule has 4 aromatic rings. The summed E-state index contributed by atoms with van der Waals surface area (Å²) in [6.07, 6.45) is 0.628. The van der Waals surface area contributed by atoms with Crippen LogP contribution in [0.25, 0.3) is 11.3 Å². The lowest BCUT2D eigenvalue weighted by Crippen LogP contribution is -2.24. The van der Waals surface area contributed by atoms with Gasteiger partial charge in [0.2, 0.25) is 5.91 Å². The largest absolute Gasteiger partial charge is 0.496 e. The summed E-state index contributed by atoms with van der Waals surface area (Å²) >= 11 is 2.81. The minimum Gasteiger partial charge on any atom is -0.496 e. The molecular formula is C28H27N3O4S2. The summed E-state index contributed by atoms with van der Waals surface area (Å²) in [6.45, 7) is 1.87. The average Bonchev–Trinajstić information content (AvgIpc) is 3.39. The number of nitrogens with zero attached hydrogens (tertiary/aromatic N) is 1. The van der Waals surface area contributed by atoms with Gasteiger partial charge >= 0.3 is 0 Å². The van der Waals surface area contributed by atoms with Crippen LogP contribution in [0.2, 0.25) is 0 Å². The first-order chi connectivity index (χ1) is 18.1. The van der Waals surface area contributed by atoms with Gasteiger partial charge in [-0.15, -0.1) is 23.1 Å². The Kier molecular flexibility index (Phi) is 9.18. The molecule has 7 nitrogen and oxygen atoms in total. The predicted octanol–water partition coefficient (Wildman–Crippen LogP) is 6.35. The van der Waals surface area contributed by atoms with Crippen molar-refractivity contribution in [3.05, 3.63) is 84.2 Å². The molecule has 1 atom stereocenters. The highest BCUT2D eigenvalue weighted by molar-refractivity contribution is 8.00. The monoisotopic (exact) mass is 533 g/mol. The first-order valence-electron chi connectivity index (χ1n) is 11.7. The molecule has 4 rings (SSSR count). The minimum absolute atomic E-state index is 0.0912. The summed E-state index contributed by atoms with van der Waals surface area (Å²) in [7, 11) is 1.62. The van der Waals surface area contributed by atoms with Crippen molar-refractivity contribution in [2.24, 2.45) is 0 Å². The second-order valence-electron chi connectivity index (χ2n) is 7.92. The number of aromatic nitrogens is 1. The summed E-state index contributed by atoms with van der Waals surface area (Å²) in [4.78, 5) is 30.8. The molecule has 0 radical (unpaired) electrons. The van der Waals surface area contributed by atoms with Crippen molar-refractivity contribution in [1.29, 1.82) is 0 Å². The first kappa shape index (κ1) is 26.2. The van der Waals surface area contributed by atoms with Gasteiger partial charge in [0.1, 0.15) is 11.5 Å². The molecule has 0 bridgehead atoms. The maximum absolute atomic E-state index is 13.0. The van der Waals surface area contributed by atoms with Crippen LogP contribution in [-0.2, 0) is 9.59 Å². The summed E-state index contributed by atoms with van der Waals surface area (Å²) in [6, 6.07) is 24.2. The number of benzene rings is 3. The lowest BCUT2D eigenvalue weighted by molar-refractivity contribution is -0.118. The zero-order valence-corrected chi connectivity index (χ0v) is 22.1. The highest BCUT2D eigenvalue weighted by Crippen LogP contribution is 2.33. The Bertz CT molecular complexity index is 1340. The van der Waals surface area contributed by atoms with Crippen molar-refractivity contribution in [2.75, 3.05) is 24.4 Å². The SMILES string of the molecule is CCC(Sc1cccc(NC(=O)COc2ccccc2)c1)C(=O)Nc1nc(-c2ccccc2OC)cs1. The molecule has 0 saturated heterocycles. The van der Waals surface area contributed by atoms with Gasteiger partial charge in [0.05, 0.1) is 18.1 Å². The van der Waals surface area contributed by atoms with Crippen LogP contribution < -0.4 is 20.1 Å². The number of amides is 2. The van der Waals surface area contributed by atoms with Gasteiger partial charge < -0.3 is 20.1 Å². The second-order valence-corrected chi connectivity index (χ2v) is 10.1. The number of thioether (sulfide) groups is 1. The Morgan fingerprint density at radius 3 is 2.57 bits per heavy atom. The average molecular weight is 534 g/mol. The number of methoxy groups -OCH3 is 1. The van der Waals surface area contributed by atoms with E-state index in [0.717, 1.165) is 21.9 Å². The van der Waals surface area contributed by atoms with Gasteiger partial charge in [-0.3, -0.25) is 9.59 Å². The van der Waals surface area contributed by atoms with Gasteiger partial charge in [0.15, 0.2) is 11.7 Å². The standard InChI is InChI=1S/C28H27N3O4S2/c1-3-25(27(33)31-28-30-23(18-36-28)22-14-7-8-15-24(22)34-2)37-21-13-9-10-19(16-21)29-26(32)17-35-20-11-5-4-6-12-20/h4-16,18,25H,3,17H2,1-2H3,(H,29,32)(H,30,31,33). The molecule has 2 N–H and O–H groups in total. The Labute approximate surface area is 224 Å². The van der Waals surface area contributed by atoms with E-state index in [1.165, 1.54) is 23.1 Å². The quantitative estimate of drug-likeness (QED) is 0.219. The van der Waals surface area contributed by atoms with Crippen LogP contribution in [0.1, 0.15) is 13.3 Å². The highest BCUT2D eigenvalue weighted by atomic mass is 32.2. The predicted molar refractivity (Wildman–Crippen MR) is 150 cm³/mol. The number of rotatable bonds is 11. The number of thiazole rings is 1. The zero-order chi connectivity index (χ0) is 26.0. The van der Waals surface area contributed by atoms with E-state index in [9.17, 15) is 9.59 Å². The zero-order valence-electron chi connectivity index (χ0n) is 20.5. The molecule has 2 amide bonds. The van der Waals surface area contributed by atoms with Crippen molar-refractivity contribution >= 4 is 45.7 Å². The molecule has 3 aromatic carbocycles. The summed E-state index contributed by atoms with van der Waals surface area (Å²) in [5, 5.41) is 7.89. The van der Waals surface area contributed by atoms with Crippen LogP contribution in [0.4, 0.5) is 10.8 Å². The number of carbonyl (C=O) groups excluding carboxylic acids is 2. The lowest BCUT2D eigenvalue weighted by Gasteiger charge is -2.14. The Hall–Kier alpha value is -3.82. The number of ether oxygens (including phenoxy) is 2. The van der Waals surface area contributed by atoms with Crippen LogP contribution in [0.3, 0.4) is 0 Å². The normalized spacial score (nSPS) is 11.4. The van der Waals surface area contributed by atoms with Crippen molar-refractivity contribution in [1.82, 2.24) is 4.98 Å². The van der Waals surface area contributed by atoms with E-state index in [4.69, 9.17) is 9.47 Å². The van der Waals surface area contributed by atoms with E-state index in [1.54, 1.807) is 25.3 Å². The Morgan fingerprint density at radius 2 is 1.78 bits per heavy atom. The fourth-order valence-electron chi connectivity index (χ4n) is 3.49. The fourth-order valence-corrected chi connectivity index (χ4v) is 5.22. The third kappa shape index (κ3) is 7.34. The molecule has 0 aliphatic heterocycles.